The molecular weight excluding hydrogens is 467 g/mol. The van der Waals surface area contributed by atoms with Crippen molar-refractivity contribution in [3.63, 3.8) is 0 Å². The molecular formula is C24H24Cl2N2O3S. The van der Waals surface area contributed by atoms with Crippen molar-refractivity contribution >= 4 is 33.2 Å². The van der Waals surface area contributed by atoms with Gasteiger partial charge in [-0.05, 0) is 17.2 Å². The standard InChI is InChI=1S/C24H24Cl2N2O3S/c1-31-22-16-21(26)23(17-20(22)25)32(29,30)28-14-12-27(13-15-28)24(18-8-4-2-5-9-18)19-10-6-3-7-11-19/h2-11,16-17,24H,12-15H2,1H3. The summed E-state index contributed by atoms with van der Waals surface area (Å²) in [7, 11) is -2.32. The first-order chi connectivity index (χ1) is 15.4. The molecule has 1 aliphatic heterocycles. The third-order valence-electron chi connectivity index (χ3n) is 5.69. The first-order valence-corrected chi connectivity index (χ1v) is 12.5. The largest absolute Gasteiger partial charge is 0.495 e. The van der Waals surface area contributed by atoms with Gasteiger partial charge in [0.15, 0.2) is 0 Å². The summed E-state index contributed by atoms with van der Waals surface area (Å²) in [6, 6.07) is 23.4. The number of rotatable bonds is 6. The second kappa shape index (κ2) is 9.81. The average molecular weight is 491 g/mol. The van der Waals surface area contributed by atoms with Crippen LogP contribution in [0.1, 0.15) is 17.2 Å². The summed E-state index contributed by atoms with van der Waals surface area (Å²) in [4.78, 5) is 2.32. The number of benzene rings is 3. The third-order valence-corrected chi connectivity index (χ3v) is 8.35. The van der Waals surface area contributed by atoms with Crippen LogP contribution in [0.25, 0.3) is 0 Å². The molecule has 3 aromatic carbocycles. The van der Waals surface area contributed by atoms with Crippen molar-refractivity contribution in [2.24, 2.45) is 0 Å². The van der Waals surface area contributed by atoms with Gasteiger partial charge in [-0.15, -0.1) is 0 Å². The maximum Gasteiger partial charge on any atom is 0.244 e. The Balaban J connectivity index is 1.57. The molecule has 1 fully saturated rings. The fraction of sp³-hybridized carbons (Fsp3) is 0.250. The van der Waals surface area contributed by atoms with Crippen LogP contribution in [0.2, 0.25) is 10.0 Å². The molecule has 0 unspecified atom stereocenters. The molecule has 0 aromatic heterocycles. The van der Waals surface area contributed by atoms with Crippen LogP contribution < -0.4 is 4.74 Å². The van der Waals surface area contributed by atoms with Gasteiger partial charge in [0.25, 0.3) is 0 Å². The molecule has 0 amide bonds. The summed E-state index contributed by atoms with van der Waals surface area (Å²) in [6.45, 7) is 1.90. The van der Waals surface area contributed by atoms with E-state index in [1.54, 1.807) is 0 Å². The number of sulfonamides is 1. The predicted molar refractivity (Wildman–Crippen MR) is 128 cm³/mol. The molecule has 0 N–H and O–H groups in total. The Labute approximate surface area is 199 Å². The minimum atomic E-state index is -3.78. The fourth-order valence-electron chi connectivity index (χ4n) is 4.09. The van der Waals surface area contributed by atoms with Gasteiger partial charge in [-0.25, -0.2) is 8.42 Å². The van der Waals surface area contributed by atoms with E-state index < -0.39 is 10.0 Å². The van der Waals surface area contributed by atoms with E-state index in [4.69, 9.17) is 27.9 Å². The van der Waals surface area contributed by atoms with Gasteiger partial charge in [0.2, 0.25) is 10.0 Å². The van der Waals surface area contributed by atoms with E-state index in [2.05, 4.69) is 29.2 Å². The molecule has 3 aromatic rings. The van der Waals surface area contributed by atoms with Gasteiger partial charge in [0.1, 0.15) is 10.6 Å². The molecule has 5 nitrogen and oxygen atoms in total. The topological polar surface area (TPSA) is 49.9 Å². The van der Waals surface area contributed by atoms with Gasteiger partial charge in [-0.1, -0.05) is 83.9 Å². The van der Waals surface area contributed by atoms with Crippen LogP contribution >= 0.6 is 23.2 Å². The molecule has 1 aliphatic rings. The van der Waals surface area contributed by atoms with E-state index in [-0.39, 0.29) is 21.0 Å². The molecule has 0 atom stereocenters. The minimum absolute atomic E-state index is 0.00101. The second-order valence-corrected chi connectivity index (χ2v) is 10.3. The van der Waals surface area contributed by atoms with Crippen molar-refractivity contribution in [3.8, 4) is 5.75 Å². The van der Waals surface area contributed by atoms with Crippen LogP contribution in [0.15, 0.2) is 77.7 Å². The van der Waals surface area contributed by atoms with E-state index in [0.29, 0.717) is 31.9 Å². The normalized spacial score (nSPS) is 15.8. The monoisotopic (exact) mass is 490 g/mol. The Morgan fingerprint density at radius 2 is 1.34 bits per heavy atom. The van der Waals surface area contributed by atoms with E-state index in [9.17, 15) is 8.42 Å². The van der Waals surface area contributed by atoms with Crippen molar-refractivity contribution in [2.75, 3.05) is 33.3 Å². The first kappa shape index (κ1) is 23.1. The van der Waals surface area contributed by atoms with Gasteiger partial charge in [0, 0.05) is 32.2 Å². The van der Waals surface area contributed by atoms with E-state index in [1.165, 1.54) is 34.7 Å². The number of ether oxygens (including phenoxy) is 1. The Morgan fingerprint density at radius 1 is 0.812 bits per heavy atom. The highest BCUT2D eigenvalue weighted by molar-refractivity contribution is 7.89. The molecule has 4 rings (SSSR count). The van der Waals surface area contributed by atoms with Gasteiger partial charge >= 0.3 is 0 Å². The van der Waals surface area contributed by atoms with Crippen molar-refractivity contribution in [3.05, 3.63) is 94.0 Å². The lowest BCUT2D eigenvalue weighted by atomic mass is 9.96. The Bertz CT molecular complexity index is 1130. The van der Waals surface area contributed by atoms with Crippen LogP contribution in [0.5, 0.6) is 5.75 Å². The van der Waals surface area contributed by atoms with Gasteiger partial charge < -0.3 is 4.74 Å². The van der Waals surface area contributed by atoms with Crippen molar-refractivity contribution in [2.45, 2.75) is 10.9 Å². The zero-order chi connectivity index (χ0) is 22.7. The molecule has 0 saturated carbocycles. The van der Waals surface area contributed by atoms with Crippen LogP contribution in [-0.2, 0) is 10.0 Å². The van der Waals surface area contributed by atoms with Crippen molar-refractivity contribution in [1.29, 1.82) is 0 Å². The van der Waals surface area contributed by atoms with E-state index in [0.717, 1.165) is 0 Å². The van der Waals surface area contributed by atoms with Gasteiger partial charge in [-0.3, -0.25) is 4.90 Å². The summed E-state index contributed by atoms with van der Waals surface area (Å²) < 4.78 is 33.2. The molecule has 0 radical (unpaired) electrons. The summed E-state index contributed by atoms with van der Waals surface area (Å²) in [6.07, 6.45) is 0. The number of hydrogen-bond donors (Lipinski definition) is 0. The highest BCUT2D eigenvalue weighted by atomic mass is 35.5. The number of piperazine rings is 1. The molecule has 1 heterocycles. The maximum absolute atomic E-state index is 13.3. The van der Waals surface area contributed by atoms with Crippen molar-refractivity contribution < 1.29 is 13.2 Å². The average Bonchev–Trinajstić information content (AvgIpc) is 2.82. The van der Waals surface area contributed by atoms with Crippen LogP contribution in [0.3, 0.4) is 0 Å². The second-order valence-electron chi connectivity index (χ2n) is 7.58. The fourth-order valence-corrected chi connectivity index (χ4v) is 6.34. The van der Waals surface area contributed by atoms with Gasteiger partial charge in [0.05, 0.1) is 23.2 Å². The Kier molecular flexibility index (Phi) is 7.08. The molecule has 0 spiro atoms. The summed E-state index contributed by atoms with van der Waals surface area (Å²) in [5.74, 6) is 0.342. The number of methoxy groups -OCH3 is 1. The van der Waals surface area contributed by atoms with E-state index in [1.807, 2.05) is 36.4 Å². The molecule has 0 bridgehead atoms. The van der Waals surface area contributed by atoms with E-state index >= 15 is 0 Å². The summed E-state index contributed by atoms with van der Waals surface area (Å²) in [5, 5.41) is 0.308. The van der Waals surface area contributed by atoms with Gasteiger partial charge in [-0.2, -0.15) is 4.31 Å². The summed E-state index contributed by atoms with van der Waals surface area (Å²) >= 11 is 12.4. The Hall–Kier alpha value is -2.09. The summed E-state index contributed by atoms with van der Waals surface area (Å²) in [5.41, 5.74) is 2.36. The van der Waals surface area contributed by atoms with Crippen molar-refractivity contribution in [1.82, 2.24) is 9.21 Å². The quantitative estimate of drug-likeness (QED) is 0.482. The smallest absolute Gasteiger partial charge is 0.244 e. The highest BCUT2D eigenvalue weighted by Crippen LogP contribution is 2.36. The minimum Gasteiger partial charge on any atom is -0.495 e. The number of halogens is 2. The number of nitrogens with zero attached hydrogens (tertiary/aromatic N) is 2. The highest BCUT2D eigenvalue weighted by Gasteiger charge is 2.33. The number of hydrogen-bond acceptors (Lipinski definition) is 4. The lowest BCUT2D eigenvalue weighted by Gasteiger charge is -2.39. The SMILES string of the molecule is COc1cc(Cl)c(S(=O)(=O)N2CCN(C(c3ccccc3)c3ccccc3)CC2)cc1Cl. The first-order valence-electron chi connectivity index (χ1n) is 10.3. The van der Waals surface area contributed by atoms with Crippen LogP contribution in [-0.4, -0.2) is 50.9 Å². The Morgan fingerprint density at radius 3 is 1.84 bits per heavy atom. The molecule has 0 aliphatic carbocycles. The predicted octanol–water partition coefficient (Wildman–Crippen LogP) is 5.10. The molecule has 8 heteroatoms. The third kappa shape index (κ3) is 4.65. The molecule has 168 valence electrons. The molecule has 32 heavy (non-hydrogen) atoms. The maximum atomic E-state index is 13.3. The lowest BCUT2D eigenvalue weighted by molar-refractivity contribution is 0.156. The lowest BCUT2D eigenvalue weighted by Crippen LogP contribution is -2.49. The molecule has 1 saturated heterocycles. The van der Waals surface area contributed by atoms with Crippen LogP contribution in [0, 0.1) is 0 Å². The zero-order valence-corrected chi connectivity index (χ0v) is 19.9. The van der Waals surface area contributed by atoms with Crippen LogP contribution in [0.4, 0.5) is 0 Å². The zero-order valence-electron chi connectivity index (χ0n) is 17.6.